The van der Waals surface area contributed by atoms with Crippen molar-refractivity contribution in [2.24, 2.45) is 0 Å². The third-order valence-corrected chi connectivity index (χ3v) is 3.61. The molecule has 0 saturated carbocycles. The number of likely N-dealkylation sites (tertiary alicyclic amines) is 1. The average molecular weight is 251 g/mol. The largest absolute Gasteiger partial charge is 0.307 e. The van der Waals surface area contributed by atoms with Crippen LogP contribution in [0.15, 0.2) is 18.3 Å². The number of aromatic nitrogens is 3. The van der Waals surface area contributed by atoms with Crippen LogP contribution in [0.1, 0.15) is 18.3 Å². The molecule has 1 saturated heterocycles. The molecule has 90 valence electrons. The lowest BCUT2D eigenvalue weighted by Crippen LogP contribution is -2.17. The molecule has 1 aliphatic heterocycles. The molecule has 3 rings (SSSR count). The van der Waals surface area contributed by atoms with Gasteiger partial charge in [0, 0.05) is 12.7 Å². The normalized spacial score (nSPS) is 21.4. The third-order valence-electron chi connectivity index (χ3n) is 3.37. The summed E-state index contributed by atoms with van der Waals surface area (Å²) in [5.41, 5.74) is 1.90. The van der Waals surface area contributed by atoms with Crippen LogP contribution in [0, 0.1) is 0 Å². The Morgan fingerprint density at radius 2 is 2.41 bits per heavy atom. The van der Waals surface area contributed by atoms with Gasteiger partial charge in [0.05, 0.1) is 11.9 Å². The van der Waals surface area contributed by atoms with Gasteiger partial charge in [-0.2, -0.15) is 0 Å². The summed E-state index contributed by atoms with van der Waals surface area (Å²) in [5, 5.41) is 0. The molecule has 2 aromatic rings. The van der Waals surface area contributed by atoms with E-state index < -0.39 is 0 Å². The van der Waals surface area contributed by atoms with E-state index in [1.165, 1.54) is 0 Å². The van der Waals surface area contributed by atoms with Crippen molar-refractivity contribution in [1.82, 2.24) is 19.4 Å². The maximum atomic E-state index is 5.99. The zero-order valence-corrected chi connectivity index (χ0v) is 10.6. The second kappa shape index (κ2) is 4.27. The van der Waals surface area contributed by atoms with E-state index >= 15 is 0 Å². The molecule has 1 atom stereocenters. The van der Waals surface area contributed by atoms with Gasteiger partial charge in [0.25, 0.3) is 0 Å². The van der Waals surface area contributed by atoms with Gasteiger partial charge in [-0.1, -0.05) is 0 Å². The number of hydrogen-bond acceptors (Lipinski definition) is 3. The van der Waals surface area contributed by atoms with Crippen molar-refractivity contribution >= 4 is 22.8 Å². The Balaban J connectivity index is 2.12. The second-order valence-corrected chi connectivity index (χ2v) is 4.85. The van der Waals surface area contributed by atoms with Crippen LogP contribution in [-0.2, 0) is 5.88 Å². The first-order valence-corrected chi connectivity index (χ1v) is 6.39. The van der Waals surface area contributed by atoms with Gasteiger partial charge in [0.1, 0.15) is 11.3 Å². The first kappa shape index (κ1) is 11.0. The van der Waals surface area contributed by atoms with Crippen LogP contribution < -0.4 is 0 Å². The number of hydrogen-bond donors (Lipinski definition) is 0. The van der Waals surface area contributed by atoms with Crippen LogP contribution in [0.3, 0.4) is 0 Å². The summed E-state index contributed by atoms with van der Waals surface area (Å²) in [6, 6.07) is 4.36. The molecule has 2 aromatic heterocycles. The van der Waals surface area contributed by atoms with E-state index in [1.54, 1.807) is 0 Å². The van der Waals surface area contributed by atoms with Crippen molar-refractivity contribution < 1.29 is 0 Å². The molecule has 5 heteroatoms. The van der Waals surface area contributed by atoms with Gasteiger partial charge in [-0.25, -0.2) is 9.97 Å². The highest BCUT2D eigenvalue weighted by Gasteiger charge is 2.25. The molecule has 4 nitrogen and oxygen atoms in total. The van der Waals surface area contributed by atoms with Crippen LogP contribution in [-0.4, -0.2) is 39.6 Å². The zero-order valence-electron chi connectivity index (χ0n) is 9.80. The fourth-order valence-corrected chi connectivity index (χ4v) is 2.77. The summed E-state index contributed by atoms with van der Waals surface area (Å²) in [6.07, 6.45) is 2.96. The molecule has 0 aliphatic carbocycles. The van der Waals surface area contributed by atoms with Gasteiger partial charge < -0.3 is 9.47 Å². The van der Waals surface area contributed by atoms with Crippen molar-refractivity contribution in [2.45, 2.75) is 18.3 Å². The minimum Gasteiger partial charge on any atom is -0.307 e. The van der Waals surface area contributed by atoms with Crippen LogP contribution >= 0.6 is 11.6 Å². The molecule has 0 amide bonds. The van der Waals surface area contributed by atoms with Gasteiger partial charge in [-0.3, -0.25) is 0 Å². The quantitative estimate of drug-likeness (QED) is 0.765. The second-order valence-electron chi connectivity index (χ2n) is 4.58. The summed E-state index contributed by atoms with van der Waals surface area (Å²) in [4.78, 5) is 11.3. The number of alkyl halides is 1. The highest BCUT2D eigenvalue weighted by Crippen LogP contribution is 2.26. The summed E-state index contributed by atoms with van der Waals surface area (Å²) in [6.45, 7) is 2.17. The first-order chi connectivity index (χ1) is 8.29. The molecule has 1 aliphatic rings. The summed E-state index contributed by atoms with van der Waals surface area (Å²) in [7, 11) is 2.15. The highest BCUT2D eigenvalue weighted by atomic mass is 35.5. The summed E-state index contributed by atoms with van der Waals surface area (Å²) < 4.78 is 2.21. The van der Waals surface area contributed by atoms with E-state index in [-0.39, 0.29) is 0 Å². The number of fused-ring (bicyclic) bond motifs is 1. The smallest absolute Gasteiger partial charge is 0.160 e. The predicted molar refractivity (Wildman–Crippen MR) is 68.2 cm³/mol. The molecule has 3 heterocycles. The number of likely N-dealkylation sites (N-methyl/N-ethyl adjacent to an activating group) is 1. The fraction of sp³-hybridized carbons (Fsp3) is 0.500. The van der Waals surface area contributed by atoms with E-state index in [0.29, 0.717) is 11.9 Å². The van der Waals surface area contributed by atoms with Gasteiger partial charge in [0.2, 0.25) is 0 Å². The van der Waals surface area contributed by atoms with Crippen molar-refractivity contribution in [2.75, 3.05) is 20.1 Å². The van der Waals surface area contributed by atoms with E-state index in [4.69, 9.17) is 11.6 Å². The number of nitrogens with zero attached hydrogens (tertiary/aromatic N) is 4. The van der Waals surface area contributed by atoms with Gasteiger partial charge in [-0.15, -0.1) is 11.6 Å². The maximum Gasteiger partial charge on any atom is 0.160 e. The molecule has 0 radical (unpaired) electrons. The van der Waals surface area contributed by atoms with Crippen LogP contribution in [0.25, 0.3) is 11.2 Å². The molecular formula is C12H15ClN4. The monoisotopic (exact) mass is 250 g/mol. The lowest BCUT2D eigenvalue weighted by atomic mass is 10.2. The lowest BCUT2D eigenvalue weighted by molar-refractivity contribution is 0.392. The maximum absolute atomic E-state index is 5.99. The molecule has 0 bridgehead atoms. The lowest BCUT2D eigenvalue weighted by Gasteiger charge is -2.15. The SMILES string of the molecule is CN1CCC(n2c(CCl)nc3cccnc32)C1. The van der Waals surface area contributed by atoms with Gasteiger partial charge >= 0.3 is 0 Å². The minimum atomic E-state index is 0.441. The van der Waals surface area contributed by atoms with E-state index in [9.17, 15) is 0 Å². The fourth-order valence-electron chi connectivity index (χ4n) is 2.58. The van der Waals surface area contributed by atoms with Crippen molar-refractivity contribution in [3.63, 3.8) is 0 Å². The Labute approximate surface area is 105 Å². The molecular weight excluding hydrogens is 236 g/mol. The molecule has 17 heavy (non-hydrogen) atoms. The van der Waals surface area contributed by atoms with Gasteiger partial charge in [0.15, 0.2) is 5.65 Å². The molecule has 1 fully saturated rings. The molecule has 1 unspecified atom stereocenters. The standard InChI is InChI=1S/C12H15ClN4/c1-16-6-4-9(8-16)17-11(7-13)15-10-3-2-5-14-12(10)17/h2-3,5,9H,4,6-8H2,1H3. The van der Waals surface area contributed by atoms with Crippen molar-refractivity contribution in [1.29, 1.82) is 0 Å². The Kier molecular flexibility index (Phi) is 2.76. The number of halogens is 1. The number of pyridine rings is 1. The van der Waals surface area contributed by atoms with Gasteiger partial charge in [-0.05, 0) is 32.1 Å². The first-order valence-electron chi connectivity index (χ1n) is 5.86. The number of rotatable bonds is 2. The van der Waals surface area contributed by atoms with Crippen LogP contribution in [0.4, 0.5) is 0 Å². The Bertz CT molecular complexity index is 536. The Hall–Kier alpha value is -1.13. The summed E-state index contributed by atoms with van der Waals surface area (Å²) >= 11 is 5.99. The van der Waals surface area contributed by atoms with Crippen molar-refractivity contribution in [3.05, 3.63) is 24.2 Å². The van der Waals surface area contributed by atoms with Crippen molar-refractivity contribution in [3.8, 4) is 0 Å². The predicted octanol–water partition coefficient (Wildman–Crippen LogP) is 2.05. The van der Waals surface area contributed by atoms with Crippen LogP contribution in [0.5, 0.6) is 0 Å². The third kappa shape index (κ3) is 1.81. The van der Waals surface area contributed by atoms with Crippen LogP contribution in [0.2, 0.25) is 0 Å². The zero-order chi connectivity index (χ0) is 11.8. The topological polar surface area (TPSA) is 34.0 Å². The summed E-state index contributed by atoms with van der Waals surface area (Å²) in [5.74, 6) is 1.37. The average Bonchev–Trinajstić information content (AvgIpc) is 2.91. The molecule has 0 N–H and O–H groups in total. The molecule has 0 aromatic carbocycles. The van der Waals surface area contributed by atoms with E-state index in [2.05, 4.69) is 26.5 Å². The number of imidazole rings is 1. The molecule has 0 spiro atoms. The Morgan fingerprint density at radius 3 is 3.12 bits per heavy atom. The van der Waals surface area contributed by atoms with E-state index in [1.807, 2.05) is 18.3 Å². The Morgan fingerprint density at radius 1 is 1.53 bits per heavy atom. The highest BCUT2D eigenvalue weighted by molar-refractivity contribution is 6.16. The van der Waals surface area contributed by atoms with E-state index in [0.717, 1.165) is 36.5 Å². The minimum absolute atomic E-state index is 0.441.